The van der Waals surface area contributed by atoms with Crippen molar-refractivity contribution in [3.05, 3.63) is 65.5 Å². The maximum Gasteiger partial charge on any atom is 0.258 e. The van der Waals surface area contributed by atoms with Crippen molar-refractivity contribution in [2.45, 2.75) is 20.5 Å². The number of rotatable bonds is 8. The van der Waals surface area contributed by atoms with Crippen molar-refractivity contribution in [1.82, 2.24) is 10.2 Å². The summed E-state index contributed by atoms with van der Waals surface area (Å²) in [5.41, 5.74) is 1.18. The van der Waals surface area contributed by atoms with Crippen LogP contribution in [-0.2, 0) is 11.4 Å². The minimum Gasteiger partial charge on any atom is -0.488 e. The first-order chi connectivity index (χ1) is 12.5. The fraction of sp³-hybridized carbons (Fsp3) is 0.300. The predicted octanol–water partition coefficient (Wildman–Crippen LogP) is 3.00. The summed E-state index contributed by atoms with van der Waals surface area (Å²) in [6.45, 7) is 4.78. The Morgan fingerprint density at radius 1 is 1.08 bits per heavy atom. The molecule has 0 fully saturated rings. The molecule has 0 saturated heterocycles. The number of carbonyl (C=O) groups is 2. The van der Waals surface area contributed by atoms with Crippen LogP contribution in [0.2, 0.25) is 0 Å². The van der Waals surface area contributed by atoms with Gasteiger partial charge in [-0.1, -0.05) is 24.3 Å². The molecular weight excluding hydrogens is 335 g/mol. The van der Waals surface area contributed by atoms with E-state index >= 15 is 0 Å². The second kappa shape index (κ2) is 9.56. The second-order valence-electron chi connectivity index (χ2n) is 5.68. The van der Waals surface area contributed by atoms with Crippen LogP contribution in [0.1, 0.15) is 29.8 Å². The summed E-state index contributed by atoms with van der Waals surface area (Å²) in [6, 6.07) is 12.9. The number of carbonyl (C=O) groups excluding carboxylic acids is 2. The fourth-order valence-corrected chi connectivity index (χ4v) is 2.43. The third-order valence-corrected chi connectivity index (χ3v) is 3.80. The molecule has 5 nitrogen and oxygen atoms in total. The number of nitrogens with zero attached hydrogens (tertiary/aromatic N) is 1. The summed E-state index contributed by atoms with van der Waals surface area (Å²) in [7, 11) is 0. The molecule has 2 rings (SSSR count). The molecule has 0 aromatic heterocycles. The summed E-state index contributed by atoms with van der Waals surface area (Å²) in [6.07, 6.45) is 0. The highest BCUT2D eigenvalue weighted by molar-refractivity contribution is 5.98. The van der Waals surface area contributed by atoms with Gasteiger partial charge in [0, 0.05) is 13.1 Å². The van der Waals surface area contributed by atoms with Gasteiger partial charge >= 0.3 is 0 Å². The largest absolute Gasteiger partial charge is 0.488 e. The molecule has 0 saturated carbocycles. The van der Waals surface area contributed by atoms with Gasteiger partial charge in [-0.25, -0.2) is 4.39 Å². The maximum absolute atomic E-state index is 13.0. The Hall–Kier alpha value is -2.89. The molecule has 0 aliphatic heterocycles. The molecule has 0 unspecified atom stereocenters. The molecule has 0 atom stereocenters. The molecule has 6 heteroatoms. The quantitative estimate of drug-likeness (QED) is 0.789. The summed E-state index contributed by atoms with van der Waals surface area (Å²) in [5.74, 6) is -0.356. The Balaban J connectivity index is 2.11. The van der Waals surface area contributed by atoms with Crippen molar-refractivity contribution in [1.29, 1.82) is 0 Å². The first-order valence-electron chi connectivity index (χ1n) is 8.57. The van der Waals surface area contributed by atoms with Crippen LogP contribution in [0.4, 0.5) is 4.39 Å². The number of nitrogens with one attached hydrogen (secondary N) is 1. The number of halogens is 1. The zero-order valence-electron chi connectivity index (χ0n) is 15.0. The first-order valence-corrected chi connectivity index (χ1v) is 8.57. The van der Waals surface area contributed by atoms with E-state index in [-0.39, 0.29) is 30.8 Å². The highest BCUT2D eigenvalue weighted by Crippen LogP contribution is 2.21. The monoisotopic (exact) mass is 358 g/mol. The van der Waals surface area contributed by atoms with E-state index in [0.717, 1.165) is 5.56 Å². The fourth-order valence-electron chi connectivity index (χ4n) is 2.43. The highest BCUT2D eigenvalue weighted by atomic mass is 19.1. The van der Waals surface area contributed by atoms with Crippen molar-refractivity contribution in [2.75, 3.05) is 19.6 Å². The van der Waals surface area contributed by atoms with Crippen molar-refractivity contribution in [3.8, 4) is 5.75 Å². The van der Waals surface area contributed by atoms with Gasteiger partial charge < -0.3 is 15.0 Å². The molecular formula is C20H23FN2O3. The average molecular weight is 358 g/mol. The summed E-state index contributed by atoms with van der Waals surface area (Å²) >= 11 is 0. The SMILES string of the molecule is CCNC(=O)CN(CC)C(=O)c1ccccc1OCc1ccc(F)cc1. The van der Waals surface area contributed by atoms with E-state index in [4.69, 9.17) is 4.74 Å². The number of hydrogen-bond acceptors (Lipinski definition) is 3. The standard InChI is InChI=1S/C20H23FN2O3/c1-3-22-19(24)13-23(4-2)20(25)17-7-5-6-8-18(17)26-14-15-9-11-16(21)12-10-15/h5-12H,3-4,13-14H2,1-2H3,(H,22,24). The Morgan fingerprint density at radius 3 is 2.42 bits per heavy atom. The topological polar surface area (TPSA) is 58.6 Å². The van der Waals surface area contributed by atoms with E-state index < -0.39 is 0 Å². The van der Waals surface area contributed by atoms with Crippen LogP contribution >= 0.6 is 0 Å². The van der Waals surface area contributed by atoms with Crippen LogP contribution in [0.25, 0.3) is 0 Å². The zero-order valence-corrected chi connectivity index (χ0v) is 15.0. The first kappa shape index (κ1) is 19.4. The van der Waals surface area contributed by atoms with Crippen molar-refractivity contribution in [2.24, 2.45) is 0 Å². The van der Waals surface area contributed by atoms with E-state index in [1.54, 1.807) is 36.4 Å². The third kappa shape index (κ3) is 5.31. The Kier molecular flexibility index (Phi) is 7.14. The third-order valence-electron chi connectivity index (χ3n) is 3.80. The summed E-state index contributed by atoms with van der Waals surface area (Å²) in [5, 5.41) is 2.69. The average Bonchev–Trinajstić information content (AvgIpc) is 2.65. The molecule has 0 spiro atoms. The molecule has 1 N–H and O–H groups in total. The van der Waals surface area contributed by atoms with Crippen LogP contribution < -0.4 is 10.1 Å². The normalized spacial score (nSPS) is 10.3. The van der Waals surface area contributed by atoms with Gasteiger partial charge in [-0.15, -0.1) is 0 Å². The smallest absolute Gasteiger partial charge is 0.258 e. The van der Waals surface area contributed by atoms with E-state index in [1.807, 2.05) is 13.8 Å². The Labute approximate surface area is 152 Å². The van der Waals surface area contributed by atoms with Gasteiger partial charge in [0.2, 0.25) is 5.91 Å². The molecule has 0 aliphatic rings. The minimum absolute atomic E-state index is 0.00449. The summed E-state index contributed by atoms with van der Waals surface area (Å²) < 4.78 is 18.7. The Morgan fingerprint density at radius 2 is 1.77 bits per heavy atom. The lowest BCUT2D eigenvalue weighted by Crippen LogP contribution is -2.40. The number of likely N-dealkylation sites (N-methyl/N-ethyl adjacent to an activating group) is 2. The van der Waals surface area contributed by atoms with Crippen LogP contribution in [0.5, 0.6) is 5.75 Å². The van der Waals surface area contributed by atoms with Gasteiger partial charge in [-0.2, -0.15) is 0 Å². The lowest BCUT2D eigenvalue weighted by Gasteiger charge is -2.21. The van der Waals surface area contributed by atoms with E-state index in [0.29, 0.717) is 24.4 Å². The van der Waals surface area contributed by atoms with E-state index in [1.165, 1.54) is 17.0 Å². The second-order valence-corrected chi connectivity index (χ2v) is 5.68. The van der Waals surface area contributed by atoms with Gasteiger partial charge in [0.25, 0.3) is 5.91 Å². The molecule has 138 valence electrons. The lowest BCUT2D eigenvalue weighted by atomic mass is 10.1. The van der Waals surface area contributed by atoms with Crippen molar-refractivity contribution in [3.63, 3.8) is 0 Å². The molecule has 26 heavy (non-hydrogen) atoms. The molecule has 2 aromatic carbocycles. The summed E-state index contributed by atoms with van der Waals surface area (Å²) in [4.78, 5) is 26.1. The zero-order chi connectivity index (χ0) is 18.9. The number of amides is 2. The number of hydrogen-bond donors (Lipinski definition) is 1. The minimum atomic E-state index is -0.312. The van der Waals surface area contributed by atoms with Gasteiger partial charge in [0.15, 0.2) is 0 Å². The Bertz CT molecular complexity index is 747. The number of benzene rings is 2. The molecule has 2 amide bonds. The molecule has 0 radical (unpaired) electrons. The molecule has 2 aromatic rings. The number of para-hydroxylation sites is 1. The van der Waals surface area contributed by atoms with Crippen LogP contribution in [0.3, 0.4) is 0 Å². The lowest BCUT2D eigenvalue weighted by molar-refractivity contribution is -0.121. The van der Waals surface area contributed by atoms with Gasteiger partial charge in [0.1, 0.15) is 18.2 Å². The van der Waals surface area contributed by atoms with Gasteiger partial charge in [-0.3, -0.25) is 9.59 Å². The van der Waals surface area contributed by atoms with Crippen molar-refractivity contribution < 1.29 is 18.7 Å². The maximum atomic E-state index is 13.0. The van der Waals surface area contributed by atoms with Crippen LogP contribution in [0.15, 0.2) is 48.5 Å². The highest BCUT2D eigenvalue weighted by Gasteiger charge is 2.20. The van der Waals surface area contributed by atoms with E-state index in [2.05, 4.69) is 5.32 Å². The predicted molar refractivity (Wildman–Crippen MR) is 97.4 cm³/mol. The molecule has 0 heterocycles. The van der Waals surface area contributed by atoms with E-state index in [9.17, 15) is 14.0 Å². The van der Waals surface area contributed by atoms with Gasteiger partial charge in [0.05, 0.1) is 12.1 Å². The van der Waals surface area contributed by atoms with Crippen LogP contribution in [-0.4, -0.2) is 36.3 Å². The molecule has 0 bridgehead atoms. The van der Waals surface area contributed by atoms with Crippen molar-refractivity contribution >= 4 is 11.8 Å². The molecule has 0 aliphatic carbocycles. The van der Waals surface area contributed by atoms with Gasteiger partial charge in [-0.05, 0) is 43.7 Å². The van der Waals surface area contributed by atoms with Crippen LogP contribution in [0, 0.1) is 5.82 Å². The number of ether oxygens (including phenoxy) is 1.